The number of esters is 2. The van der Waals surface area contributed by atoms with Crippen LogP contribution in [-0.4, -0.2) is 35.6 Å². The lowest BCUT2D eigenvalue weighted by Crippen LogP contribution is -2.05. The molecule has 4 aromatic rings. The van der Waals surface area contributed by atoms with Crippen molar-refractivity contribution in [1.82, 2.24) is 9.97 Å². The topological polar surface area (TPSA) is 91.5 Å². The Morgan fingerprint density at radius 3 is 2.72 bits per heavy atom. The Labute approximate surface area is 200 Å². The van der Waals surface area contributed by atoms with Crippen molar-refractivity contribution in [1.29, 1.82) is 0 Å². The van der Waals surface area contributed by atoms with Crippen molar-refractivity contribution >= 4 is 72.2 Å². The van der Waals surface area contributed by atoms with Crippen LogP contribution in [0.25, 0.3) is 21.2 Å². The number of methoxy groups -OCH3 is 1. The van der Waals surface area contributed by atoms with Crippen LogP contribution in [0, 0.1) is 13.8 Å². The molecule has 32 heavy (non-hydrogen) atoms. The van der Waals surface area contributed by atoms with Crippen molar-refractivity contribution in [3.63, 3.8) is 0 Å². The largest absolute Gasteiger partial charge is 0.465 e. The second-order valence-corrected chi connectivity index (χ2v) is 9.74. The molecule has 0 aliphatic heterocycles. The van der Waals surface area contributed by atoms with Crippen LogP contribution in [0.3, 0.4) is 0 Å². The summed E-state index contributed by atoms with van der Waals surface area (Å²) in [5.74, 6) is 0.315. The minimum absolute atomic E-state index is 0.187. The second-order valence-electron chi connectivity index (χ2n) is 6.86. The van der Waals surface area contributed by atoms with Gasteiger partial charge in [0, 0.05) is 26.6 Å². The van der Waals surface area contributed by atoms with Gasteiger partial charge in [-0.2, -0.15) is 0 Å². The van der Waals surface area contributed by atoms with Crippen LogP contribution >= 0.6 is 39.0 Å². The van der Waals surface area contributed by atoms with Gasteiger partial charge in [-0.3, -0.25) is 0 Å². The minimum Gasteiger partial charge on any atom is -0.465 e. The number of thiophene rings is 1. The van der Waals surface area contributed by atoms with Gasteiger partial charge < -0.3 is 13.9 Å². The van der Waals surface area contributed by atoms with E-state index in [0.717, 1.165) is 36.2 Å². The highest BCUT2D eigenvalue weighted by atomic mass is 79.9. The highest BCUT2D eigenvalue weighted by Gasteiger charge is 2.24. The summed E-state index contributed by atoms with van der Waals surface area (Å²) in [5, 5.41) is 2.38. The zero-order valence-electron chi connectivity index (χ0n) is 17.8. The van der Waals surface area contributed by atoms with Crippen molar-refractivity contribution in [2.75, 3.05) is 13.7 Å². The molecule has 0 N–H and O–H groups in total. The van der Waals surface area contributed by atoms with E-state index in [1.54, 1.807) is 6.92 Å². The van der Waals surface area contributed by atoms with Gasteiger partial charge in [-0.05, 0) is 44.5 Å². The first-order chi connectivity index (χ1) is 15.3. The van der Waals surface area contributed by atoms with Gasteiger partial charge in [0.1, 0.15) is 26.1 Å². The van der Waals surface area contributed by atoms with Gasteiger partial charge in [-0.1, -0.05) is 15.9 Å². The summed E-state index contributed by atoms with van der Waals surface area (Å²) >= 11 is 6.24. The Morgan fingerprint density at radius 1 is 1.22 bits per heavy atom. The van der Waals surface area contributed by atoms with Gasteiger partial charge in [-0.25, -0.2) is 19.6 Å². The average molecular weight is 535 g/mol. The molecular weight excluding hydrogens is 516 g/mol. The molecule has 0 bridgehead atoms. The number of carbonyl (C=O) groups excluding carboxylic acids is 2. The molecule has 10 heteroatoms. The fourth-order valence-corrected chi connectivity index (χ4v) is 6.09. The maximum atomic E-state index is 12.6. The number of rotatable bonds is 6. The number of aromatic nitrogens is 2. The number of furan rings is 1. The van der Waals surface area contributed by atoms with Gasteiger partial charge in [0.05, 0.1) is 13.7 Å². The maximum absolute atomic E-state index is 12.6. The fourth-order valence-electron chi connectivity index (χ4n) is 3.36. The predicted octanol–water partition coefficient (Wildman–Crippen LogP) is 6.07. The molecule has 3 aromatic heterocycles. The molecular formula is C22H19BrN2O5S2. The number of aryl methyl sites for hydroxylation is 2. The minimum atomic E-state index is -0.501. The molecule has 0 radical (unpaired) electrons. The van der Waals surface area contributed by atoms with Crippen molar-refractivity contribution in [3.8, 4) is 0 Å². The molecule has 0 saturated heterocycles. The third-order valence-corrected chi connectivity index (χ3v) is 7.47. The summed E-state index contributed by atoms with van der Waals surface area (Å²) in [5.41, 5.74) is 2.12. The standard InChI is InChI=1S/C22H19BrN2O5S2/c1-5-29-21(26)17-14(13-8-12(23)6-7-15(13)30-17)9-31-19-16-10(2)18(22(27)28-4)32-20(16)25-11(3)24-19/h6-8H,5,9H2,1-4H3. The van der Waals surface area contributed by atoms with Crippen molar-refractivity contribution in [3.05, 3.63) is 50.3 Å². The fraction of sp³-hybridized carbons (Fsp3) is 0.273. The molecule has 0 aliphatic carbocycles. The lowest BCUT2D eigenvalue weighted by Gasteiger charge is -2.06. The van der Waals surface area contributed by atoms with Crippen molar-refractivity contribution < 1.29 is 23.5 Å². The van der Waals surface area contributed by atoms with Crippen LogP contribution in [0.1, 0.15) is 44.1 Å². The summed E-state index contributed by atoms with van der Waals surface area (Å²) in [6.45, 7) is 5.68. The molecule has 0 amide bonds. The van der Waals surface area contributed by atoms with E-state index in [-0.39, 0.29) is 12.4 Å². The summed E-state index contributed by atoms with van der Waals surface area (Å²) < 4.78 is 16.8. The van der Waals surface area contributed by atoms with E-state index in [1.807, 2.05) is 32.0 Å². The molecule has 1 aromatic carbocycles. The quantitative estimate of drug-likeness (QED) is 0.167. The number of hydrogen-bond donors (Lipinski definition) is 0. The summed E-state index contributed by atoms with van der Waals surface area (Å²) in [6.07, 6.45) is 0. The molecule has 166 valence electrons. The van der Waals surface area contributed by atoms with E-state index < -0.39 is 11.9 Å². The van der Waals surface area contributed by atoms with Crippen LogP contribution < -0.4 is 0 Å². The Balaban J connectivity index is 1.79. The van der Waals surface area contributed by atoms with E-state index in [1.165, 1.54) is 30.2 Å². The number of halogens is 1. The number of fused-ring (bicyclic) bond motifs is 2. The van der Waals surface area contributed by atoms with Crippen molar-refractivity contribution in [2.24, 2.45) is 0 Å². The SMILES string of the molecule is CCOC(=O)c1oc2ccc(Br)cc2c1CSc1nc(C)nc2sc(C(=O)OC)c(C)c12. The van der Waals surface area contributed by atoms with E-state index in [0.29, 0.717) is 22.0 Å². The smallest absolute Gasteiger partial charge is 0.374 e. The number of thioether (sulfide) groups is 1. The zero-order valence-corrected chi connectivity index (χ0v) is 21.0. The van der Waals surface area contributed by atoms with Crippen LogP contribution in [0.5, 0.6) is 0 Å². The molecule has 0 saturated carbocycles. The second kappa shape index (κ2) is 9.21. The average Bonchev–Trinajstić information content (AvgIpc) is 3.29. The van der Waals surface area contributed by atoms with Crippen molar-refractivity contribution in [2.45, 2.75) is 31.6 Å². The lowest BCUT2D eigenvalue weighted by molar-refractivity contribution is 0.0490. The maximum Gasteiger partial charge on any atom is 0.374 e. The number of hydrogen-bond acceptors (Lipinski definition) is 9. The molecule has 0 aliphatic rings. The summed E-state index contributed by atoms with van der Waals surface area (Å²) in [6, 6.07) is 5.59. The highest BCUT2D eigenvalue weighted by Crippen LogP contribution is 2.39. The molecule has 0 fully saturated rings. The summed E-state index contributed by atoms with van der Waals surface area (Å²) in [4.78, 5) is 35.1. The van der Waals surface area contributed by atoms with E-state index in [9.17, 15) is 9.59 Å². The number of nitrogens with zero attached hydrogens (tertiary/aromatic N) is 2. The zero-order chi connectivity index (χ0) is 23.0. The van der Waals surface area contributed by atoms with Crippen LogP contribution in [0.4, 0.5) is 0 Å². The number of benzene rings is 1. The molecule has 4 rings (SSSR count). The molecule has 0 unspecified atom stereocenters. The normalized spacial score (nSPS) is 11.3. The predicted molar refractivity (Wildman–Crippen MR) is 128 cm³/mol. The van der Waals surface area contributed by atoms with E-state index in [2.05, 4.69) is 25.9 Å². The van der Waals surface area contributed by atoms with Crippen LogP contribution in [-0.2, 0) is 15.2 Å². The number of ether oxygens (including phenoxy) is 2. The first-order valence-corrected chi connectivity index (χ1v) is 12.3. The molecule has 0 spiro atoms. The molecule has 3 heterocycles. The summed E-state index contributed by atoms with van der Waals surface area (Å²) in [7, 11) is 1.36. The monoisotopic (exact) mass is 534 g/mol. The van der Waals surface area contributed by atoms with Gasteiger partial charge >= 0.3 is 11.9 Å². The van der Waals surface area contributed by atoms with Crippen LogP contribution in [0.15, 0.2) is 32.1 Å². The first-order valence-electron chi connectivity index (χ1n) is 9.70. The van der Waals surface area contributed by atoms with Gasteiger partial charge in [-0.15, -0.1) is 23.1 Å². The Hall–Kier alpha value is -2.43. The Morgan fingerprint density at radius 2 is 2.00 bits per heavy atom. The lowest BCUT2D eigenvalue weighted by atomic mass is 10.1. The third-order valence-electron chi connectivity index (χ3n) is 4.81. The number of carbonyl (C=O) groups is 2. The van der Waals surface area contributed by atoms with Gasteiger partial charge in [0.25, 0.3) is 0 Å². The first kappa shape index (κ1) is 22.8. The Bertz CT molecular complexity index is 1360. The Kier molecular flexibility index (Phi) is 6.55. The van der Waals surface area contributed by atoms with Gasteiger partial charge in [0.15, 0.2) is 0 Å². The van der Waals surface area contributed by atoms with Gasteiger partial charge in [0.2, 0.25) is 5.76 Å². The van der Waals surface area contributed by atoms with E-state index in [4.69, 9.17) is 13.9 Å². The highest BCUT2D eigenvalue weighted by molar-refractivity contribution is 9.10. The third kappa shape index (κ3) is 4.14. The molecule has 0 atom stereocenters. The molecule has 7 nitrogen and oxygen atoms in total. The van der Waals surface area contributed by atoms with Crippen LogP contribution in [0.2, 0.25) is 0 Å². The van der Waals surface area contributed by atoms with E-state index >= 15 is 0 Å².